The van der Waals surface area contributed by atoms with Crippen LogP contribution >= 0.6 is 0 Å². The van der Waals surface area contributed by atoms with Gasteiger partial charge in [0, 0.05) is 6.54 Å². The van der Waals surface area contributed by atoms with E-state index in [4.69, 9.17) is 0 Å². The van der Waals surface area contributed by atoms with Crippen molar-refractivity contribution in [2.75, 3.05) is 19.6 Å². The average molecular weight is 260 g/mol. The summed E-state index contributed by atoms with van der Waals surface area (Å²) in [6.07, 6.45) is 1.67. The largest absolute Gasteiger partial charge is 0.386 e. The SMILES string of the molecule is CCC1(O)CN(C(=O)C2NCCc3ccccc32)C1. The van der Waals surface area contributed by atoms with Gasteiger partial charge in [-0.15, -0.1) is 0 Å². The Bertz CT molecular complexity index is 495. The number of nitrogens with zero attached hydrogens (tertiary/aromatic N) is 1. The van der Waals surface area contributed by atoms with Crippen LogP contribution in [0.2, 0.25) is 0 Å². The molecule has 1 fully saturated rings. The number of fused-ring (bicyclic) bond motifs is 1. The number of aliphatic hydroxyl groups is 1. The summed E-state index contributed by atoms with van der Waals surface area (Å²) in [6.45, 7) is 3.71. The van der Waals surface area contributed by atoms with Gasteiger partial charge < -0.3 is 15.3 Å². The van der Waals surface area contributed by atoms with Crippen LogP contribution in [0.5, 0.6) is 0 Å². The van der Waals surface area contributed by atoms with Crippen LogP contribution in [0.25, 0.3) is 0 Å². The average Bonchev–Trinajstić information content (AvgIpc) is 2.42. The molecule has 4 heteroatoms. The van der Waals surface area contributed by atoms with Crippen LogP contribution in [-0.2, 0) is 11.2 Å². The first kappa shape index (κ1) is 12.6. The molecule has 0 spiro atoms. The zero-order valence-electron chi connectivity index (χ0n) is 11.2. The molecule has 1 unspecified atom stereocenters. The number of rotatable bonds is 2. The molecular weight excluding hydrogens is 240 g/mol. The molecule has 1 aromatic carbocycles. The summed E-state index contributed by atoms with van der Waals surface area (Å²) in [6, 6.07) is 7.87. The van der Waals surface area contributed by atoms with E-state index < -0.39 is 5.60 Å². The molecule has 2 aliphatic heterocycles. The Morgan fingerprint density at radius 3 is 2.95 bits per heavy atom. The molecule has 0 aliphatic carbocycles. The van der Waals surface area contributed by atoms with E-state index in [2.05, 4.69) is 11.4 Å². The summed E-state index contributed by atoms with van der Waals surface area (Å²) in [4.78, 5) is 14.3. The predicted molar refractivity (Wildman–Crippen MR) is 72.7 cm³/mol. The van der Waals surface area contributed by atoms with Crippen molar-refractivity contribution in [1.82, 2.24) is 10.2 Å². The van der Waals surface area contributed by atoms with Crippen LogP contribution in [0.15, 0.2) is 24.3 Å². The summed E-state index contributed by atoms with van der Waals surface area (Å²) in [5.41, 5.74) is 1.68. The van der Waals surface area contributed by atoms with Gasteiger partial charge in [0.2, 0.25) is 5.91 Å². The van der Waals surface area contributed by atoms with Gasteiger partial charge in [0.15, 0.2) is 0 Å². The van der Waals surface area contributed by atoms with Crippen LogP contribution < -0.4 is 5.32 Å². The second-order valence-corrected chi connectivity index (χ2v) is 5.61. The number of carbonyl (C=O) groups excluding carboxylic acids is 1. The lowest BCUT2D eigenvalue weighted by Crippen LogP contribution is -2.64. The molecule has 3 rings (SSSR count). The molecule has 1 atom stereocenters. The first-order valence-electron chi connectivity index (χ1n) is 6.95. The monoisotopic (exact) mass is 260 g/mol. The molecule has 0 saturated carbocycles. The third kappa shape index (κ3) is 2.15. The zero-order chi connectivity index (χ0) is 13.5. The highest BCUT2D eigenvalue weighted by molar-refractivity contribution is 5.85. The van der Waals surface area contributed by atoms with E-state index in [-0.39, 0.29) is 11.9 Å². The first-order chi connectivity index (χ1) is 9.13. The van der Waals surface area contributed by atoms with Gasteiger partial charge in [0.05, 0.1) is 18.7 Å². The second-order valence-electron chi connectivity index (χ2n) is 5.61. The van der Waals surface area contributed by atoms with Crippen molar-refractivity contribution in [1.29, 1.82) is 0 Å². The minimum absolute atomic E-state index is 0.0882. The quantitative estimate of drug-likeness (QED) is 0.829. The fraction of sp³-hybridized carbons (Fsp3) is 0.533. The van der Waals surface area contributed by atoms with Gasteiger partial charge in [0.25, 0.3) is 0 Å². The number of carbonyl (C=O) groups is 1. The highest BCUT2D eigenvalue weighted by atomic mass is 16.3. The lowest BCUT2D eigenvalue weighted by molar-refractivity contribution is -0.158. The first-order valence-corrected chi connectivity index (χ1v) is 6.95. The van der Waals surface area contributed by atoms with Crippen LogP contribution in [0.4, 0.5) is 0 Å². The van der Waals surface area contributed by atoms with E-state index >= 15 is 0 Å². The Morgan fingerprint density at radius 2 is 2.21 bits per heavy atom. The zero-order valence-corrected chi connectivity index (χ0v) is 11.2. The van der Waals surface area contributed by atoms with Crippen molar-refractivity contribution < 1.29 is 9.90 Å². The topological polar surface area (TPSA) is 52.6 Å². The van der Waals surface area contributed by atoms with Crippen molar-refractivity contribution in [3.05, 3.63) is 35.4 Å². The molecule has 0 radical (unpaired) electrons. The molecule has 1 saturated heterocycles. The minimum atomic E-state index is -0.663. The molecule has 2 heterocycles. The standard InChI is InChI=1S/C15H20N2O2/c1-2-15(19)9-17(10-15)14(18)13-12-6-4-3-5-11(12)7-8-16-13/h3-6,13,16,19H,2,7-10H2,1H3. The van der Waals surface area contributed by atoms with Crippen LogP contribution in [-0.4, -0.2) is 41.1 Å². The Hall–Kier alpha value is -1.39. The molecule has 19 heavy (non-hydrogen) atoms. The number of benzene rings is 1. The molecule has 1 aromatic rings. The molecule has 1 amide bonds. The molecule has 102 valence electrons. The Labute approximate surface area is 113 Å². The highest BCUT2D eigenvalue weighted by Crippen LogP contribution is 2.30. The molecular formula is C15H20N2O2. The molecule has 0 bridgehead atoms. The maximum atomic E-state index is 12.5. The fourth-order valence-electron chi connectivity index (χ4n) is 2.95. The van der Waals surface area contributed by atoms with E-state index in [1.807, 2.05) is 25.1 Å². The van der Waals surface area contributed by atoms with E-state index in [1.165, 1.54) is 5.56 Å². The minimum Gasteiger partial charge on any atom is -0.386 e. The Morgan fingerprint density at radius 1 is 1.47 bits per heavy atom. The summed E-state index contributed by atoms with van der Waals surface area (Å²) < 4.78 is 0. The number of β-amino-alcohol motifs (C(OH)–C–C–N with tert-alkyl or cyclic N) is 1. The van der Waals surface area contributed by atoms with Crippen LogP contribution in [0.1, 0.15) is 30.5 Å². The lowest BCUT2D eigenvalue weighted by Gasteiger charge is -2.47. The number of nitrogens with one attached hydrogen (secondary N) is 1. The van der Waals surface area contributed by atoms with Crippen LogP contribution in [0.3, 0.4) is 0 Å². The molecule has 2 aliphatic rings. The molecule has 4 nitrogen and oxygen atoms in total. The van der Waals surface area contributed by atoms with Crippen molar-refractivity contribution in [2.45, 2.75) is 31.4 Å². The van der Waals surface area contributed by atoms with Crippen molar-refractivity contribution in [3.63, 3.8) is 0 Å². The third-order valence-electron chi connectivity index (χ3n) is 4.30. The van der Waals surface area contributed by atoms with Gasteiger partial charge in [-0.1, -0.05) is 31.2 Å². The lowest BCUT2D eigenvalue weighted by atomic mass is 9.88. The van der Waals surface area contributed by atoms with E-state index in [9.17, 15) is 9.90 Å². The smallest absolute Gasteiger partial charge is 0.244 e. The van der Waals surface area contributed by atoms with Crippen molar-refractivity contribution in [2.24, 2.45) is 0 Å². The van der Waals surface area contributed by atoms with Crippen LogP contribution in [0, 0.1) is 0 Å². The van der Waals surface area contributed by atoms with Gasteiger partial charge in [0.1, 0.15) is 6.04 Å². The fourth-order valence-corrected chi connectivity index (χ4v) is 2.95. The van der Waals surface area contributed by atoms with E-state index in [0.29, 0.717) is 19.5 Å². The van der Waals surface area contributed by atoms with Crippen molar-refractivity contribution >= 4 is 5.91 Å². The number of hydrogen-bond donors (Lipinski definition) is 2. The van der Waals surface area contributed by atoms with Gasteiger partial charge in [-0.05, 0) is 24.0 Å². The summed E-state index contributed by atoms with van der Waals surface area (Å²) in [5, 5.41) is 13.3. The molecule has 0 aromatic heterocycles. The summed E-state index contributed by atoms with van der Waals surface area (Å²) in [5.74, 6) is 0.0882. The van der Waals surface area contributed by atoms with Gasteiger partial charge in [-0.2, -0.15) is 0 Å². The van der Waals surface area contributed by atoms with Crippen molar-refractivity contribution in [3.8, 4) is 0 Å². The highest BCUT2D eigenvalue weighted by Gasteiger charge is 2.44. The normalized spacial score (nSPS) is 24.5. The Balaban J connectivity index is 1.76. The maximum absolute atomic E-state index is 12.5. The van der Waals surface area contributed by atoms with Gasteiger partial charge in [-0.3, -0.25) is 4.79 Å². The number of amides is 1. The number of likely N-dealkylation sites (tertiary alicyclic amines) is 1. The predicted octanol–water partition coefficient (Wildman–Crippen LogP) is 0.857. The second kappa shape index (κ2) is 4.62. The van der Waals surface area contributed by atoms with Gasteiger partial charge >= 0.3 is 0 Å². The summed E-state index contributed by atoms with van der Waals surface area (Å²) >= 11 is 0. The molecule has 2 N–H and O–H groups in total. The van der Waals surface area contributed by atoms with Gasteiger partial charge in [-0.25, -0.2) is 0 Å². The number of hydrogen-bond acceptors (Lipinski definition) is 3. The third-order valence-corrected chi connectivity index (χ3v) is 4.30. The summed E-state index contributed by atoms with van der Waals surface area (Å²) in [7, 11) is 0. The maximum Gasteiger partial charge on any atom is 0.244 e. The Kier molecular flexibility index (Phi) is 3.07. The van der Waals surface area contributed by atoms with E-state index in [1.54, 1.807) is 4.90 Å². The van der Waals surface area contributed by atoms with E-state index in [0.717, 1.165) is 18.5 Å².